The van der Waals surface area contributed by atoms with Gasteiger partial charge in [0.05, 0.1) is 24.8 Å². The van der Waals surface area contributed by atoms with Crippen molar-refractivity contribution >= 4 is 17.5 Å². The van der Waals surface area contributed by atoms with Crippen LogP contribution in [0.25, 0.3) is 0 Å². The SMILES string of the molecule is COc1ccc(C2=NOC(C)(C(=O)N3CCC(C(N)=O)C3)C2)cc1OC1CCCC1. The molecule has 8 nitrogen and oxygen atoms in total. The van der Waals surface area contributed by atoms with Crippen molar-refractivity contribution in [2.24, 2.45) is 16.8 Å². The minimum atomic E-state index is -1.09. The average molecular weight is 415 g/mol. The Morgan fingerprint density at radius 1 is 1.23 bits per heavy atom. The van der Waals surface area contributed by atoms with E-state index in [1.165, 1.54) is 12.8 Å². The molecule has 0 radical (unpaired) electrons. The molecule has 3 aliphatic rings. The smallest absolute Gasteiger partial charge is 0.269 e. The van der Waals surface area contributed by atoms with Gasteiger partial charge in [-0.2, -0.15) is 0 Å². The van der Waals surface area contributed by atoms with E-state index in [9.17, 15) is 9.59 Å². The molecule has 2 unspecified atom stereocenters. The predicted octanol–water partition coefficient (Wildman–Crippen LogP) is 2.23. The van der Waals surface area contributed by atoms with Crippen molar-refractivity contribution in [3.8, 4) is 11.5 Å². The van der Waals surface area contributed by atoms with Crippen LogP contribution in [0, 0.1) is 5.92 Å². The molecule has 0 spiro atoms. The Morgan fingerprint density at radius 2 is 2.00 bits per heavy atom. The highest BCUT2D eigenvalue weighted by Crippen LogP contribution is 2.36. The van der Waals surface area contributed by atoms with Gasteiger partial charge in [0.2, 0.25) is 11.5 Å². The summed E-state index contributed by atoms with van der Waals surface area (Å²) in [6, 6.07) is 5.67. The van der Waals surface area contributed by atoms with E-state index in [2.05, 4.69) is 5.16 Å². The first-order valence-corrected chi connectivity index (χ1v) is 10.6. The molecule has 0 aromatic heterocycles. The Hall–Kier alpha value is -2.77. The van der Waals surface area contributed by atoms with Crippen molar-refractivity contribution in [2.45, 2.75) is 57.2 Å². The summed E-state index contributed by atoms with van der Waals surface area (Å²) in [5.41, 5.74) is 5.83. The van der Waals surface area contributed by atoms with Crippen LogP contribution in [-0.4, -0.2) is 54.3 Å². The fraction of sp³-hybridized carbons (Fsp3) is 0.591. The van der Waals surface area contributed by atoms with Crippen LogP contribution in [0.4, 0.5) is 0 Å². The zero-order chi connectivity index (χ0) is 21.3. The van der Waals surface area contributed by atoms with Crippen molar-refractivity contribution in [2.75, 3.05) is 20.2 Å². The van der Waals surface area contributed by atoms with E-state index in [4.69, 9.17) is 20.0 Å². The van der Waals surface area contributed by atoms with E-state index in [-0.39, 0.29) is 23.8 Å². The first kappa shape index (κ1) is 20.5. The number of methoxy groups -OCH3 is 1. The molecule has 1 aliphatic carbocycles. The van der Waals surface area contributed by atoms with Crippen molar-refractivity contribution in [3.63, 3.8) is 0 Å². The summed E-state index contributed by atoms with van der Waals surface area (Å²) in [4.78, 5) is 31.7. The number of carbonyl (C=O) groups is 2. The van der Waals surface area contributed by atoms with Crippen LogP contribution in [0.15, 0.2) is 23.4 Å². The number of hydrogen-bond acceptors (Lipinski definition) is 6. The molecule has 162 valence electrons. The zero-order valence-corrected chi connectivity index (χ0v) is 17.6. The molecule has 2 aliphatic heterocycles. The Balaban J connectivity index is 1.46. The van der Waals surface area contributed by atoms with Crippen LogP contribution in [0.1, 0.15) is 51.0 Å². The van der Waals surface area contributed by atoms with Crippen molar-refractivity contribution in [1.82, 2.24) is 4.90 Å². The molecule has 1 aromatic rings. The van der Waals surface area contributed by atoms with Gasteiger partial charge in [0.25, 0.3) is 5.91 Å². The highest BCUT2D eigenvalue weighted by molar-refractivity contribution is 6.05. The number of primary amides is 1. The summed E-state index contributed by atoms with van der Waals surface area (Å²) in [7, 11) is 1.62. The van der Waals surface area contributed by atoms with E-state index >= 15 is 0 Å². The summed E-state index contributed by atoms with van der Waals surface area (Å²) < 4.78 is 11.6. The van der Waals surface area contributed by atoms with Crippen molar-refractivity contribution in [3.05, 3.63) is 23.8 Å². The number of benzene rings is 1. The highest BCUT2D eigenvalue weighted by atomic mass is 16.7. The second kappa shape index (κ2) is 8.16. The van der Waals surface area contributed by atoms with Crippen LogP contribution in [-0.2, 0) is 14.4 Å². The number of amides is 2. The van der Waals surface area contributed by atoms with Crippen LogP contribution in [0.3, 0.4) is 0 Å². The van der Waals surface area contributed by atoms with Gasteiger partial charge in [0, 0.05) is 25.1 Å². The largest absolute Gasteiger partial charge is 0.493 e. The molecule has 1 saturated carbocycles. The third-order valence-corrected chi connectivity index (χ3v) is 6.29. The van der Waals surface area contributed by atoms with Gasteiger partial charge < -0.3 is 24.9 Å². The maximum absolute atomic E-state index is 13.0. The fourth-order valence-electron chi connectivity index (χ4n) is 4.45. The van der Waals surface area contributed by atoms with Gasteiger partial charge in [0.1, 0.15) is 0 Å². The number of hydrogen-bond donors (Lipinski definition) is 1. The molecule has 2 atom stereocenters. The lowest BCUT2D eigenvalue weighted by molar-refractivity contribution is -0.152. The molecule has 30 heavy (non-hydrogen) atoms. The number of nitrogens with two attached hydrogens (primary N) is 1. The number of ether oxygens (including phenoxy) is 2. The number of oxime groups is 1. The topological polar surface area (TPSA) is 103 Å². The van der Waals surface area contributed by atoms with E-state index in [0.717, 1.165) is 18.4 Å². The molecule has 2 heterocycles. The average Bonchev–Trinajstić information content (AvgIpc) is 3.49. The molecule has 1 aromatic carbocycles. The van der Waals surface area contributed by atoms with Crippen LogP contribution in [0.2, 0.25) is 0 Å². The Morgan fingerprint density at radius 3 is 2.67 bits per heavy atom. The van der Waals surface area contributed by atoms with E-state index in [0.29, 0.717) is 43.1 Å². The maximum atomic E-state index is 13.0. The zero-order valence-electron chi connectivity index (χ0n) is 17.6. The van der Waals surface area contributed by atoms with Crippen molar-refractivity contribution in [1.29, 1.82) is 0 Å². The third kappa shape index (κ3) is 3.95. The number of carbonyl (C=O) groups excluding carboxylic acids is 2. The molecule has 0 bridgehead atoms. The van der Waals surface area contributed by atoms with Gasteiger partial charge in [-0.15, -0.1) is 0 Å². The number of nitrogens with zero attached hydrogens (tertiary/aromatic N) is 2. The van der Waals surface area contributed by atoms with E-state index < -0.39 is 5.60 Å². The second-order valence-electron chi connectivity index (χ2n) is 8.57. The van der Waals surface area contributed by atoms with Gasteiger partial charge in [-0.1, -0.05) is 5.16 Å². The normalized spacial score (nSPS) is 26.4. The Labute approximate surface area is 176 Å². The minimum Gasteiger partial charge on any atom is -0.493 e. The first-order chi connectivity index (χ1) is 14.4. The lowest BCUT2D eigenvalue weighted by Crippen LogP contribution is -2.46. The van der Waals surface area contributed by atoms with E-state index in [1.807, 2.05) is 18.2 Å². The molecule has 2 fully saturated rings. The van der Waals surface area contributed by atoms with Crippen molar-refractivity contribution < 1.29 is 23.9 Å². The quantitative estimate of drug-likeness (QED) is 0.767. The van der Waals surface area contributed by atoms with Gasteiger partial charge in [-0.05, 0) is 57.2 Å². The molecular formula is C22H29N3O5. The molecule has 2 amide bonds. The Bertz CT molecular complexity index is 864. The van der Waals surface area contributed by atoms with Gasteiger partial charge in [0.15, 0.2) is 11.5 Å². The highest BCUT2D eigenvalue weighted by Gasteiger charge is 2.46. The third-order valence-electron chi connectivity index (χ3n) is 6.29. The predicted molar refractivity (Wildman–Crippen MR) is 110 cm³/mol. The van der Waals surface area contributed by atoms with Gasteiger partial charge in [-0.25, -0.2) is 0 Å². The molecule has 1 saturated heterocycles. The van der Waals surface area contributed by atoms with Crippen LogP contribution < -0.4 is 15.2 Å². The molecule has 4 rings (SSSR count). The standard InChI is InChI=1S/C22H29N3O5/c1-22(21(27)25-10-9-15(13-25)20(23)26)12-17(24-30-22)14-7-8-18(28-2)19(11-14)29-16-5-3-4-6-16/h7-8,11,15-16H,3-6,9-10,12-13H2,1-2H3,(H2,23,26). The lowest BCUT2D eigenvalue weighted by atomic mass is 9.94. The van der Waals surface area contributed by atoms with Gasteiger partial charge in [-0.3, -0.25) is 9.59 Å². The number of likely N-dealkylation sites (tertiary alicyclic amines) is 1. The van der Waals surface area contributed by atoms with Crippen LogP contribution in [0.5, 0.6) is 11.5 Å². The minimum absolute atomic E-state index is 0.166. The number of rotatable bonds is 6. The summed E-state index contributed by atoms with van der Waals surface area (Å²) in [6.07, 6.45) is 5.60. The summed E-state index contributed by atoms with van der Waals surface area (Å²) in [5, 5.41) is 4.22. The molecule has 2 N–H and O–H groups in total. The summed E-state index contributed by atoms with van der Waals surface area (Å²) in [5.74, 6) is 0.539. The van der Waals surface area contributed by atoms with E-state index in [1.54, 1.807) is 18.9 Å². The monoisotopic (exact) mass is 415 g/mol. The molecule has 8 heteroatoms. The summed E-state index contributed by atoms with van der Waals surface area (Å²) in [6.45, 7) is 2.58. The fourth-order valence-corrected chi connectivity index (χ4v) is 4.45. The maximum Gasteiger partial charge on any atom is 0.269 e. The van der Waals surface area contributed by atoms with Crippen LogP contribution >= 0.6 is 0 Å². The lowest BCUT2D eigenvalue weighted by Gasteiger charge is -2.26. The second-order valence-corrected chi connectivity index (χ2v) is 8.57. The Kier molecular flexibility index (Phi) is 5.58. The van der Waals surface area contributed by atoms with Gasteiger partial charge >= 0.3 is 0 Å². The summed E-state index contributed by atoms with van der Waals surface area (Å²) >= 11 is 0. The first-order valence-electron chi connectivity index (χ1n) is 10.6. The molecular weight excluding hydrogens is 386 g/mol.